The van der Waals surface area contributed by atoms with Crippen LogP contribution >= 0.6 is 0 Å². The van der Waals surface area contributed by atoms with Crippen molar-refractivity contribution in [1.29, 1.82) is 0 Å². The second kappa shape index (κ2) is 15.3. The second-order valence-corrected chi connectivity index (χ2v) is 11.3. The van der Waals surface area contributed by atoms with E-state index in [4.69, 9.17) is 14.6 Å². The van der Waals surface area contributed by atoms with E-state index in [0.29, 0.717) is 19.4 Å². The summed E-state index contributed by atoms with van der Waals surface area (Å²) in [6.07, 6.45) is -0.0937. The lowest BCUT2D eigenvalue weighted by Crippen LogP contribution is -2.52. The van der Waals surface area contributed by atoms with Crippen molar-refractivity contribution < 1.29 is 43.3 Å². The van der Waals surface area contributed by atoms with Crippen LogP contribution < -0.4 is 10.6 Å². The third-order valence-electron chi connectivity index (χ3n) is 8.14. The van der Waals surface area contributed by atoms with Crippen LogP contribution in [0.4, 0.5) is 9.59 Å². The molecule has 13 heteroatoms. The van der Waals surface area contributed by atoms with E-state index < -0.39 is 48.3 Å². The molecule has 4 heterocycles. The lowest BCUT2D eigenvalue weighted by molar-refractivity contribution is -0.138. The maximum absolute atomic E-state index is 12.1. The minimum Gasteiger partial charge on any atom is -0.439 e. The van der Waals surface area contributed by atoms with Crippen molar-refractivity contribution in [2.24, 2.45) is 0 Å². The highest BCUT2D eigenvalue weighted by molar-refractivity contribution is 6.02. The number of nitrogens with zero attached hydrogens (tertiary/aromatic N) is 2. The van der Waals surface area contributed by atoms with Crippen LogP contribution in [-0.2, 0) is 28.7 Å². The maximum atomic E-state index is 12.1. The molecule has 0 saturated carbocycles. The van der Waals surface area contributed by atoms with Crippen molar-refractivity contribution in [3.8, 4) is 23.7 Å². The van der Waals surface area contributed by atoms with Crippen molar-refractivity contribution in [2.45, 2.75) is 63.3 Å². The summed E-state index contributed by atoms with van der Waals surface area (Å²) < 4.78 is 10.8. The average Bonchev–Trinajstić information content (AvgIpc) is 3.66. The predicted octanol–water partition coefficient (Wildman–Crippen LogP) is 2.08. The number of aliphatic hydroxyl groups is 1. The molecule has 248 valence electrons. The molecular formula is C35H34N4O9. The first-order chi connectivity index (χ1) is 23.2. The molecule has 0 aliphatic carbocycles. The van der Waals surface area contributed by atoms with Crippen molar-refractivity contribution in [2.75, 3.05) is 19.7 Å². The second-order valence-electron chi connectivity index (χ2n) is 11.3. The smallest absolute Gasteiger partial charge is 0.411 e. The molecule has 6 rings (SSSR count). The van der Waals surface area contributed by atoms with E-state index in [-0.39, 0.29) is 37.8 Å². The Kier molecular flexibility index (Phi) is 10.7. The molecular weight excluding hydrogens is 620 g/mol. The zero-order valence-corrected chi connectivity index (χ0v) is 26.2. The van der Waals surface area contributed by atoms with Crippen molar-refractivity contribution in [1.82, 2.24) is 20.4 Å². The Morgan fingerprint density at radius 1 is 0.688 bits per heavy atom. The number of rotatable bonds is 4. The number of nitrogens with one attached hydrogen (secondary N) is 2. The molecule has 3 unspecified atom stereocenters. The summed E-state index contributed by atoms with van der Waals surface area (Å²) >= 11 is 0. The Balaban J connectivity index is 0.000000188. The lowest BCUT2D eigenvalue weighted by Gasteiger charge is -2.27. The molecule has 3 N–H and O–H groups in total. The number of carbonyl (C=O) groups is 6. The Bertz CT molecular complexity index is 1590. The molecule has 48 heavy (non-hydrogen) atoms. The van der Waals surface area contributed by atoms with Crippen LogP contribution in [0.25, 0.3) is 0 Å². The summed E-state index contributed by atoms with van der Waals surface area (Å²) in [5.41, 5.74) is 3.32. The van der Waals surface area contributed by atoms with Gasteiger partial charge in [-0.2, -0.15) is 0 Å². The molecule has 4 aliphatic rings. The summed E-state index contributed by atoms with van der Waals surface area (Å²) in [7, 11) is 0. The van der Waals surface area contributed by atoms with E-state index in [1.165, 1.54) is 9.80 Å². The van der Waals surface area contributed by atoms with Gasteiger partial charge >= 0.3 is 12.2 Å². The number of benzene rings is 2. The molecule has 0 radical (unpaired) electrons. The fourth-order valence-corrected chi connectivity index (χ4v) is 5.67. The van der Waals surface area contributed by atoms with Gasteiger partial charge in [0, 0.05) is 30.4 Å². The zero-order valence-electron chi connectivity index (χ0n) is 26.2. The topological polar surface area (TPSA) is 172 Å². The van der Waals surface area contributed by atoms with Crippen LogP contribution in [0, 0.1) is 23.7 Å². The molecule has 4 fully saturated rings. The normalized spacial score (nSPS) is 23.4. The van der Waals surface area contributed by atoms with Gasteiger partial charge in [0.15, 0.2) is 0 Å². The molecule has 0 bridgehead atoms. The molecule has 4 atom stereocenters. The predicted molar refractivity (Wildman–Crippen MR) is 168 cm³/mol. The van der Waals surface area contributed by atoms with Gasteiger partial charge in [-0.05, 0) is 48.2 Å². The highest BCUT2D eigenvalue weighted by Gasteiger charge is 2.43. The fourth-order valence-electron chi connectivity index (χ4n) is 5.67. The number of cyclic esters (lactones) is 2. The van der Waals surface area contributed by atoms with E-state index >= 15 is 0 Å². The van der Waals surface area contributed by atoms with E-state index in [0.717, 1.165) is 28.7 Å². The summed E-state index contributed by atoms with van der Waals surface area (Å²) in [5, 5.41) is 13.2. The first-order valence-corrected chi connectivity index (χ1v) is 15.6. The minimum atomic E-state index is -0.671. The van der Waals surface area contributed by atoms with Crippen molar-refractivity contribution >= 4 is 35.8 Å². The number of aliphatic hydroxyl groups excluding tert-OH is 1. The van der Waals surface area contributed by atoms with E-state index in [2.05, 4.69) is 34.3 Å². The van der Waals surface area contributed by atoms with Crippen LogP contribution in [0.5, 0.6) is 0 Å². The average molecular weight is 655 g/mol. The maximum Gasteiger partial charge on any atom is 0.411 e. The van der Waals surface area contributed by atoms with Gasteiger partial charge in [0.1, 0.15) is 30.9 Å². The molecule has 2 aromatic carbocycles. The fraction of sp³-hybridized carbons (Fsp3) is 0.371. The van der Waals surface area contributed by atoms with Gasteiger partial charge in [0.05, 0.1) is 13.1 Å². The summed E-state index contributed by atoms with van der Waals surface area (Å²) in [4.78, 5) is 73.2. The van der Waals surface area contributed by atoms with Gasteiger partial charge in [0.25, 0.3) is 0 Å². The Morgan fingerprint density at radius 2 is 1.10 bits per heavy atom. The highest BCUT2D eigenvalue weighted by atomic mass is 16.6. The van der Waals surface area contributed by atoms with Gasteiger partial charge < -0.3 is 14.6 Å². The number of ether oxygens (including phenoxy) is 2. The van der Waals surface area contributed by atoms with Crippen LogP contribution in [0.1, 0.15) is 73.5 Å². The number of hydrogen-bond donors (Lipinski definition) is 3. The van der Waals surface area contributed by atoms with Crippen LogP contribution in [0.3, 0.4) is 0 Å². The first-order valence-electron chi connectivity index (χ1n) is 15.6. The SMILES string of the molecule is CCC#Cc1ccc([C@H]2CN(C3CCC(=O)NC3=O)C(=O)O2)cc1.O=C1CCC(N2CC(c3ccc(C#CCO)cc3)OC2=O)C(=O)N1. The van der Waals surface area contributed by atoms with Crippen LogP contribution in [-0.4, -0.2) is 82.5 Å². The number of amides is 6. The monoisotopic (exact) mass is 654 g/mol. The van der Waals surface area contributed by atoms with Gasteiger partial charge in [0.2, 0.25) is 23.6 Å². The summed E-state index contributed by atoms with van der Waals surface area (Å²) in [5.74, 6) is 9.87. The Labute approximate surface area is 276 Å². The molecule has 4 aliphatic heterocycles. The lowest BCUT2D eigenvalue weighted by atomic mass is 10.0. The molecule has 6 amide bonds. The molecule has 4 saturated heterocycles. The third-order valence-corrected chi connectivity index (χ3v) is 8.14. The number of piperidine rings is 2. The molecule has 2 aromatic rings. The third kappa shape index (κ3) is 8.00. The summed E-state index contributed by atoms with van der Waals surface area (Å²) in [6, 6.07) is 13.4. The number of carbonyl (C=O) groups excluding carboxylic acids is 6. The van der Waals surface area contributed by atoms with E-state index in [1.54, 1.807) is 24.3 Å². The Morgan fingerprint density at radius 3 is 1.48 bits per heavy atom. The molecule has 0 aromatic heterocycles. The quantitative estimate of drug-likeness (QED) is 0.330. The standard InChI is InChI=1S/C18H18N2O4.C17H16N2O5/c1-2-3-4-12-5-7-13(8-6-12)15-11-20(18(23)24-15)14-9-10-16(21)19-17(14)22;20-9-1-2-11-3-5-12(6-4-11)14-10-19(17(23)24-14)13-7-8-15(21)18-16(13)22/h5-8,14-15H,2,9-11H2,1H3,(H,19,21,22);3-6,13-14,20H,7-10H2,(H,18,21,22)/t14?,15-;/m1./s1. The van der Waals surface area contributed by atoms with Gasteiger partial charge in [-0.25, -0.2) is 9.59 Å². The largest absolute Gasteiger partial charge is 0.439 e. The van der Waals surface area contributed by atoms with Crippen LogP contribution in [0.2, 0.25) is 0 Å². The summed E-state index contributed by atoms with van der Waals surface area (Å²) in [6.45, 7) is 2.34. The molecule has 13 nitrogen and oxygen atoms in total. The van der Waals surface area contributed by atoms with Gasteiger partial charge in [-0.1, -0.05) is 54.9 Å². The van der Waals surface area contributed by atoms with Crippen molar-refractivity contribution in [3.63, 3.8) is 0 Å². The first kappa shape index (κ1) is 33.7. The van der Waals surface area contributed by atoms with Gasteiger partial charge in [-0.15, -0.1) is 0 Å². The van der Waals surface area contributed by atoms with E-state index in [1.807, 2.05) is 31.2 Å². The highest BCUT2D eigenvalue weighted by Crippen LogP contribution is 2.31. The van der Waals surface area contributed by atoms with Crippen molar-refractivity contribution in [3.05, 3.63) is 70.8 Å². The Hall–Kier alpha value is -5.66. The zero-order chi connectivity index (χ0) is 34.2. The number of hydrogen-bond acceptors (Lipinski definition) is 9. The number of imide groups is 2. The van der Waals surface area contributed by atoms with E-state index in [9.17, 15) is 28.8 Å². The minimum absolute atomic E-state index is 0.205. The van der Waals surface area contributed by atoms with Crippen LogP contribution in [0.15, 0.2) is 48.5 Å². The molecule has 0 spiro atoms. The van der Waals surface area contributed by atoms with Gasteiger partial charge in [-0.3, -0.25) is 39.6 Å².